The van der Waals surface area contributed by atoms with Crippen LogP contribution in [0.5, 0.6) is 5.88 Å². The molecule has 0 saturated carbocycles. The molecule has 1 aliphatic rings. The van der Waals surface area contributed by atoms with Gasteiger partial charge in [-0.05, 0) is 47.9 Å². The molecular formula is C12H17BrN2O. The van der Waals surface area contributed by atoms with E-state index >= 15 is 0 Å². The summed E-state index contributed by atoms with van der Waals surface area (Å²) in [5.74, 6) is 0.709. The van der Waals surface area contributed by atoms with Crippen LogP contribution >= 0.6 is 15.9 Å². The lowest BCUT2D eigenvalue weighted by atomic mass is 10.1. The Hall–Kier alpha value is -0.610. The third kappa shape index (κ3) is 3.76. The van der Waals surface area contributed by atoms with Crippen LogP contribution in [0.4, 0.5) is 0 Å². The summed E-state index contributed by atoms with van der Waals surface area (Å²) in [4.78, 5) is 6.63. The lowest BCUT2D eigenvalue weighted by Crippen LogP contribution is -2.33. The fourth-order valence-electron chi connectivity index (χ4n) is 1.91. The quantitative estimate of drug-likeness (QED) is 0.850. The van der Waals surface area contributed by atoms with Crippen molar-refractivity contribution in [3.05, 3.63) is 22.8 Å². The van der Waals surface area contributed by atoms with E-state index in [0.29, 0.717) is 5.88 Å². The Labute approximate surface area is 105 Å². The molecule has 0 N–H and O–H groups in total. The molecule has 2 rings (SSSR count). The zero-order valence-corrected chi connectivity index (χ0v) is 10.9. The maximum absolute atomic E-state index is 5.59. The number of ether oxygens (including phenoxy) is 1. The molecule has 1 aliphatic heterocycles. The average Bonchev–Trinajstić information content (AvgIpc) is 2.33. The number of halogens is 1. The zero-order chi connectivity index (χ0) is 11.2. The van der Waals surface area contributed by atoms with Crippen molar-refractivity contribution in [2.24, 2.45) is 0 Å². The van der Waals surface area contributed by atoms with Gasteiger partial charge in [-0.25, -0.2) is 4.98 Å². The molecule has 0 aliphatic carbocycles. The number of pyridine rings is 1. The summed E-state index contributed by atoms with van der Waals surface area (Å²) in [6.07, 6.45) is 5.80. The van der Waals surface area contributed by atoms with Gasteiger partial charge in [0.05, 0.1) is 0 Å². The molecule has 2 heterocycles. The fraction of sp³-hybridized carbons (Fsp3) is 0.583. The lowest BCUT2D eigenvalue weighted by molar-refractivity contribution is 0.180. The number of nitrogens with zero attached hydrogens (tertiary/aromatic N) is 2. The van der Waals surface area contributed by atoms with Crippen LogP contribution in [-0.4, -0.2) is 36.1 Å². The summed E-state index contributed by atoms with van der Waals surface area (Å²) in [5.41, 5.74) is 0. The van der Waals surface area contributed by atoms with Gasteiger partial charge in [0.25, 0.3) is 0 Å². The molecule has 16 heavy (non-hydrogen) atoms. The van der Waals surface area contributed by atoms with Crippen LogP contribution < -0.4 is 4.74 Å². The second-order valence-electron chi connectivity index (χ2n) is 4.07. The Kier molecular flexibility index (Phi) is 4.60. The van der Waals surface area contributed by atoms with Crippen molar-refractivity contribution < 1.29 is 4.74 Å². The van der Waals surface area contributed by atoms with Gasteiger partial charge in [0.1, 0.15) is 6.61 Å². The van der Waals surface area contributed by atoms with Crippen molar-refractivity contribution in [1.29, 1.82) is 0 Å². The summed E-state index contributed by atoms with van der Waals surface area (Å²) < 4.78 is 6.57. The molecule has 0 amide bonds. The molecule has 0 bridgehead atoms. The van der Waals surface area contributed by atoms with E-state index in [0.717, 1.165) is 17.6 Å². The maximum Gasteiger partial charge on any atom is 0.213 e. The van der Waals surface area contributed by atoms with Gasteiger partial charge < -0.3 is 4.74 Å². The fourth-order valence-corrected chi connectivity index (χ4v) is 2.14. The molecule has 0 aromatic carbocycles. The predicted molar refractivity (Wildman–Crippen MR) is 67.7 cm³/mol. The van der Waals surface area contributed by atoms with Crippen LogP contribution in [0.15, 0.2) is 22.8 Å². The van der Waals surface area contributed by atoms with Gasteiger partial charge in [-0.3, -0.25) is 4.90 Å². The topological polar surface area (TPSA) is 25.4 Å². The summed E-state index contributed by atoms with van der Waals surface area (Å²) in [7, 11) is 0. The number of aromatic nitrogens is 1. The molecule has 3 nitrogen and oxygen atoms in total. The SMILES string of the molecule is Brc1ccc(OCCN2CCCCC2)nc1. The van der Waals surface area contributed by atoms with E-state index in [1.165, 1.54) is 32.4 Å². The van der Waals surface area contributed by atoms with Gasteiger partial charge in [0.15, 0.2) is 0 Å². The smallest absolute Gasteiger partial charge is 0.213 e. The third-order valence-corrected chi connectivity index (χ3v) is 3.28. The number of likely N-dealkylation sites (tertiary alicyclic amines) is 1. The van der Waals surface area contributed by atoms with Gasteiger partial charge in [-0.15, -0.1) is 0 Å². The number of hydrogen-bond donors (Lipinski definition) is 0. The van der Waals surface area contributed by atoms with E-state index in [1.807, 2.05) is 12.1 Å². The largest absolute Gasteiger partial charge is 0.476 e. The maximum atomic E-state index is 5.59. The van der Waals surface area contributed by atoms with Crippen molar-refractivity contribution in [3.63, 3.8) is 0 Å². The molecule has 1 saturated heterocycles. The minimum absolute atomic E-state index is 0.709. The number of hydrogen-bond acceptors (Lipinski definition) is 3. The molecular weight excluding hydrogens is 268 g/mol. The van der Waals surface area contributed by atoms with Crippen LogP contribution in [0.3, 0.4) is 0 Å². The van der Waals surface area contributed by atoms with E-state index in [-0.39, 0.29) is 0 Å². The molecule has 0 spiro atoms. The molecule has 0 unspecified atom stereocenters. The standard InChI is InChI=1S/C12H17BrN2O/c13-11-4-5-12(14-10-11)16-9-8-15-6-2-1-3-7-15/h4-5,10H,1-3,6-9H2. The van der Waals surface area contributed by atoms with E-state index < -0.39 is 0 Å². The van der Waals surface area contributed by atoms with Crippen molar-refractivity contribution in [3.8, 4) is 5.88 Å². The Bertz CT molecular complexity index is 309. The first-order valence-corrected chi connectivity index (χ1v) is 6.60. The molecule has 1 fully saturated rings. The highest BCUT2D eigenvalue weighted by Crippen LogP contribution is 2.12. The molecule has 1 aromatic heterocycles. The number of piperidine rings is 1. The number of rotatable bonds is 4. The van der Waals surface area contributed by atoms with Gasteiger partial charge >= 0.3 is 0 Å². The zero-order valence-electron chi connectivity index (χ0n) is 9.36. The summed E-state index contributed by atoms with van der Waals surface area (Å²) in [6.45, 7) is 4.18. The second-order valence-corrected chi connectivity index (χ2v) is 4.98. The Morgan fingerprint density at radius 2 is 2.06 bits per heavy atom. The van der Waals surface area contributed by atoms with Crippen LogP contribution in [-0.2, 0) is 0 Å². The second kappa shape index (κ2) is 6.21. The third-order valence-electron chi connectivity index (χ3n) is 2.81. The van der Waals surface area contributed by atoms with E-state index in [4.69, 9.17) is 4.74 Å². The molecule has 1 aromatic rings. The molecule has 88 valence electrons. The first-order valence-electron chi connectivity index (χ1n) is 5.81. The Balaban J connectivity index is 1.69. The monoisotopic (exact) mass is 284 g/mol. The van der Waals surface area contributed by atoms with Crippen molar-refractivity contribution in [2.45, 2.75) is 19.3 Å². The first kappa shape index (κ1) is 11.9. The van der Waals surface area contributed by atoms with E-state index in [2.05, 4.69) is 25.8 Å². The van der Waals surface area contributed by atoms with Gasteiger partial charge in [-0.2, -0.15) is 0 Å². The van der Waals surface area contributed by atoms with Crippen LogP contribution in [0.1, 0.15) is 19.3 Å². The highest BCUT2D eigenvalue weighted by molar-refractivity contribution is 9.10. The predicted octanol–water partition coefficient (Wildman–Crippen LogP) is 2.71. The minimum atomic E-state index is 0.709. The highest BCUT2D eigenvalue weighted by Gasteiger charge is 2.09. The van der Waals surface area contributed by atoms with Crippen LogP contribution in [0, 0.1) is 0 Å². The highest BCUT2D eigenvalue weighted by atomic mass is 79.9. The summed E-state index contributed by atoms with van der Waals surface area (Å²) in [6, 6.07) is 3.84. The van der Waals surface area contributed by atoms with Crippen molar-refractivity contribution >= 4 is 15.9 Å². The Morgan fingerprint density at radius 3 is 2.75 bits per heavy atom. The summed E-state index contributed by atoms with van der Waals surface area (Å²) in [5, 5.41) is 0. The van der Waals surface area contributed by atoms with Crippen LogP contribution in [0.2, 0.25) is 0 Å². The van der Waals surface area contributed by atoms with Gasteiger partial charge in [0.2, 0.25) is 5.88 Å². The molecule has 0 atom stereocenters. The lowest BCUT2D eigenvalue weighted by Gasteiger charge is -2.25. The van der Waals surface area contributed by atoms with E-state index in [1.54, 1.807) is 6.20 Å². The van der Waals surface area contributed by atoms with E-state index in [9.17, 15) is 0 Å². The van der Waals surface area contributed by atoms with Crippen molar-refractivity contribution in [2.75, 3.05) is 26.2 Å². The average molecular weight is 285 g/mol. The van der Waals surface area contributed by atoms with Gasteiger partial charge in [-0.1, -0.05) is 6.42 Å². The molecule has 4 heteroatoms. The van der Waals surface area contributed by atoms with Crippen LogP contribution in [0.25, 0.3) is 0 Å². The molecule has 0 radical (unpaired) electrons. The normalized spacial score (nSPS) is 17.3. The first-order chi connectivity index (χ1) is 7.84. The van der Waals surface area contributed by atoms with Gasteiger partial charge in [0, 0.05) is 23.3 Å². The Morgan fingerprint density at radius 1 is 1.25 bits per heavy atom. The van der Waals surface area contributed by atoms with Crippen molar-refractivity contribution in [1.82, 2.24) is 9.88 Å². The minimum Gasteiger partial charge on any atom is -0.476 e. The summed E-state index contributed by atoms with van der Waals surface area (Å²) >= 11 is 3.35.